The number of aliphatic imine (C=N–C) groups is 1. The first-order valence-corrected chi connectivity index (χ1v) is 11.4. The van der Waals surface area contributed by atoms with Gasteiger partial charge in [-0.05, 0) is 54.7 Å². The fourth-order valence-electron chi connectivity index (χ4n) is 4.88. The molecule has 0 radical (unpaired) electrons. The molecule has 7 nitrogen and oxygen atoms in total. The van der Waals surface area contributed by atoms with E-state index >= 15 is 0 Å². The van der Waals surface area contributed by atoms with Crippen molar-refractivity contribution < 1.29 is 14.8 Å². The Morgan fingerprint density at radius 3 is 2.76 bits per heavy atom. The molecule has 1 aliphatic carbocycles. The number of benzene rings is 3. The number of fused-ring (bicyclic) bond motifs is 3. The van der Waals surface area contributed by atoms with Gasteiger partial charge in [-0.25, -0.2) is 0 Å². The van der Waals surface area contributed by atoms with Gasteiger partial charge < -0.3 is 15.2 Å². The Morgan fingerprint density at radius 1 is 1.21 bits per heavy atom. The van der Waals surface area contributed by atoms with Crippen LogP contribution in [-0.2, 0) is 0 Å². The maximum absolute atomic E-state index is 11.3. The van der Waals surface area contributed by atoms with Gasteiger partial charge in [-0.15, -0.1) is 0 Å². The highest BCUT2D eigenvalue weighted by atomic mass is 16.6. The molecule has 0 bridgehead atoms. The van der Waals surface area contributed by atoms with E-state index in [1.807, 2.05) is 12.1 Å². The lowest BCUT2D eigenvalue weighted by molar-refractivity contribution is -0.386. The largest absolute Gasteiger partial charge is 0.500 e. The van der Waals surface area contributed by atoms with Gasteiger partial charge in [0, 0.05) is 29.4 Å². The molecule has 3 aromatic carbocycles. The van der Waals surface area contributed by atoms with Crippen molar-refractivity contribution in [2.24, 2.45) is 10.9 Å². The average molecular weight is 456 g/mol. The summed E-state index contributed by atoms with van der Waals surface area (Å²) in [6, 6.07) is 19.6. The van der Waals surface area contributed by atoms with E-state index in [0.29, 0.717) is 17.4 Å². The van der Waals surface area contributed by atoms with Crippen molar-refractivity contribution in [1.29, 1.82) is 0 Å². The molecule has 7 heteroatoms. The topological polar surface area (TPSA) is 97.0 Å². The van der Waals surface area contributed by atoms with E-state index in [1.54, 1.807) is 13.0 Å². The molecule has 0 fully saturated rings. The third kappa shape index (κ3) is 4.01. The average Bonchev–Trinajstić information content (AvgIpc) is 3.34. The number of nitro benzene ring substituents is 1. The first-order valence-electron chi connectivity index (χ1n) is 11.4. The van der Waals surface area contributed by atoms with Gasteiger partial charge in [0.25, 0.3) is 0 Å². The lowest BCUT2D eigenvalue weighted by Crippen LogP contribution is -2.28. The summed E-state index contributed by atoms with van der Waals surface area (Å²) in [6.07, 6.45) is 7.18. The number of para-hydroxylation sites is 1. The summed E-state index contributed by atoms with van der Waals surface area (Å²) in [4.78, 5) is 15.1. The zero-order valence-electron chi connectivity index (χ0n) is 18.7. The second kappa shape index (κ2) is 9.02. The second-order valence-corrected chi connectivity index (χ2v) is 8.49. The smallest absolute Gasteiger partial charge is 0.315 e. The van der Waals surface area contributed by atoms with Crippen molar-refractivity contribution in [2.75, 3.05) is 11.9 Å². The minimum absolute atomic E-state index is 0.0666. The van der Waals surface area contributed by atoms with Gasteiger partial charge in [-0.2, -0.15) is 0 Å². The molecule has 2 aliphatic rings. The number of nitro groups is 1. The number of nitrogens with zero attached hydrogens (tertiary/aromatic N) is 2. The van der Waals surface area contributed by atoms with Crippen LogP contribution >= 0.6 is 0 Å². The Hall–Kier alpha value is -4.13. The molecule has 3 atom stereocenters. The van der Waals surface area contributed by atoms with Crippen LogP contribution in [0.25, 0.3) is 0 Å². The summed E-state index contributed by atoms with van der Waals surface area (Å²) in [5.41, 5.74) is 4.53. The quantitative estimate of drug-likeness (QED) is 0.197. The fourth-order valence-corrected chi connectivity index (χ4v) is 4.88. The van der Waals surface area contributed by atoms with Crippen molar-refractivity contribution in [3.63, 3.8) is 0 Å². The molecule has 0 unspecified atom stereocenters. The van der Waals surface area contributed by atoms with Crippen molar-refractivity contribution in [3.8, 4) is 11.5 Å². The van der Waals surface area contributed by atoms with Gasteiger partial charge in [0.05, 0.1) is 23.3 Å². The normalized spacial score (nSPS) is 20.6. The maximum atomic E-state index is 11.3. The van der Waals surface area contributed by atoms with Gasteiger partial charge in [-0.3, -0.25) is 15.1 Å². The van der Waals surface area contributed by atoms with Gasteiger partial charge in [0.15, 0.2) is 5.75 Å². The van der Waals surface area contributed by atoms with Gasteiger partial charge in [-0.1, -0.05) is 42.5 Å². The van der Waals surface area contributed by atoms with Crippen LogP contribution in [0.1, 0.15) is 42.0 Å². The summed E-state index contributed by atoms with van der Waals surface area (Å²) < 4.78 is 5.33. The van der Waals surface area contributed by atoms with Crippen LogP contribution in [-0.4, -0.2) is 22.9 Å². The molecule has 5 rings (SSSR count). The minimum atomic E-state index is -0.634. The molecule has 1 heterocycles. The number of hydrogen-bond acceptors (Lipinski definition) is 6. The Morgan fingerprint density at radius 2 is 2.00 bits per heavy atom. The molecule has 0 saturated carbocycles. The van der Waals surface area contributed by atoms with Crippen LogP contribution in [0.5, 0.6) is 11.5 Å². The molecule has 2 N–H and O–H groups in total. The van der Waals surface area contributed by atoms with E-state index in [1.165, 1.54) is 29.1 Å². The SMILES string of the molecule is CCOc1cc(C=Nc2ccc([C@@H]3Nc4ccccc4[C@@H]4C=CC[C@H]43)cc2)cc([N+](=O)[O-])c1O. The van der Waals surface area contributed by atoms with Crippen LogP contribution in [0, 0.1) is 16.0 Å². The highest BCUT2D eigenvalue weighted by Crippen LogP contribution is 2.49. The summed E-state index contributed by atoms with van der Waals surface area (Å²) in [7, 11) is 0. The molecule has 172 valence electrons. The van der Waals surface area contributed by atoms with Gasteiger partial charge >= 0.3 is 5.69 Å². The molecule has 3 aromatic rings. The van der Waals surface area contributed by atoms with Crippen molar-refractivity contribution in [3.05, 3.63) is 99.6 Å². The molecule has 0 saturated heterocycles. The van der Waals surface area contributed by atoms with E-state index in [0.717, 1.165) is 12.1 Å². The van der Waals surface area contributed by atoms with E-state index < -0.39 is 16.4 Å². The highest BCUT2D eigenvalue weighted by molar-refractivity contribution is 5.85. The molecule has 1 aliphatic heterocycles. The number of hydrogen-bond donors (Lipinski definition) is 2. The third-order valence-electron chi connectivity index (χ3n) is 6.46. The molecular formula is C27H25N3O4. The fraction of sp³-hybridized carbons (Fsp3) is 0.222. The number of aromatic hydroxyl groups is 1. The first-order chi connectivity index (χ1) is 16.5. The summed E-state index contributed by atoms with van der Waals surface area (Å²) in [5, 5.41) is 25.1. The lowest BCUT2D eigenvalue weighted by atomic mass is 9.77. The number of ether oxygens (including phenoxy) is 1. The number of allylic oxidation sites excluding steroid dienone is 2. The number of nitrogens with one attached hydrogen (secondary N) is 1. The number of phenols is 1. The second-order valence-electron chi connectivity index (χ2n) is 8.49. The maximum Gasteiger partial charge on any atom is 0.315 e. The first kappa shape index (κ1) is 21.7. The van der Waals surface area contributed by atoms with Crippen LogP contribution < -0.4 is 10.1 Å². The van der Waals surface area contributed by atoms with Crippen molar-refractivity contribution in [2.45, 2.75) is 25.3 Å². The number of rotatable bonds is 6. The van der Waals surface area contributed by atoms with Crippen LogP contribution in [0.3, 0.4) is 0 Å². The van der Waals surface area contributed by atoms with Crippen molar-refractivity contribution in [1.82, 2.24) is 0 Å². The lowest BCUT2D eigenvalue weighted by Gasteiger charge is -2.37. The molecule has 0 amide bonds. The zero-order valence-corrected chi connectivity index (χ0v) is 18.7. The molecular weight excluding hydrogens is 430 g/mol. The zero-order chi connectivity index (χ0) is 23.7. The van der Waals surface area contributed by atoms with Crippen LogP contribution in [0.15, 0.2) is 77.8 Å². The minimum Gasteiger partial charge on any atom is -0.500 e. The summed E-state index contributed by atoms with van der Waals surface area (Å²) in [5.74, 6) is 0.482. The van der Waals surface area contributed by atoms with E-state index in [4.69, 9.17) is 4.74 Å². The Kier molecular flexibility index (Phi) is 5.76. The molecule has 0 spiro atoms. The highest BCUT2D eigenvalue weighted by Gasteiger charge is 2.37. The predicted molar refractivity (Wildman–Crippen MR) is 132 cm³/mol. The van der Waals surface area contributed by atoms with Crippen molar-refractivity contribution >= 4 is 23.3 Å². The Labute approximate surface area is 197 Å². The Bertz CT molecular complexity index is 1280. The summed E-state index contributed by atoms with van der Waals surface area (Å²) >= 11 is 0. The number of anilines is 1. The monoisotopic (exact) mass is 455 g/mol. The Balaban J connectivity index is 1.38. The standard InChI is InChI=1S/C27H25N3O4/c1-2-34-25-15-17(14-24(27(25)31)30(32)33)16-28-19-12-10-18(11-13-19)26-22-8-5-7-20(22)21-6-3-4-9-23(21)29-26/h3-7,9-16,20,22,26,29,31H,2,8H2,1H3/t20-,22+,26-/m0/s1. The van der Waals surface area contributed by atoms with Gasteiger partial charge in [0.1, 0.15) is 0 Å². The predicted octanol–water partition coefficient (Wildman–Crippen LogP) is 6.28. The summed E-state index contributed by atoms with van der Waals surface area (Å²) in [6.45, 7) is 2.03. The van der Waals surface area contributed by atoms with Crippen LogP contribution in [0.4, 0.5) is 17.1 Å². The van der Waals surface area contributed by atoms with Gasteiger partial charge in [0.2, 0.25) is 5.75 Å². The molecule has 0 aromatic heterocycles. The van der Waals surface area contributed by atoms with E-state index in [-0.39, 0.29) is 18.4 Å². The third-order valence-corrected chi connectivity index (χ3v) is 6.46. The number of phenolic OH excluding ortho intramolecular Hbond substituents is 1. The molecule has 34 heavy (non-hydrogen) atoms. The van der Waals surface area contributed by atoms with E-state index in [2.05, 4.69) is 58.9 Å². The van der Waals surface area contributed by atoms with E-state index in [9.17, 15) is 15.2 Å². The van der Waals surface area contributed by atoms with Crippen LogP contribution in [0.2, 0.25) is 0 Å².